The van der Waals surface area contributed by atoms with Gasteiger partial charge >= 0.3 is 0 Å². The molecule has 5 heteroatoms. The van der Waals surface area contributed by atoms with E-state index >= 15 is 0 Å². The van der Waals surface area contributed by atoms with E-state index in [0.717, 1.165) is 24.2 Å². The Balaban J connectivity index is 1.26. The molecule has 4 rings (SSSR count). The highest BCUT2D eigenvalue weighted by atomic mass is 16.5. The second-order valence-corrected chi connectivity index (χ2v) is 7.59. The van der Waals surface area contributed by atoms with Gasteiger partial charge in [-0.15, -0.1) is 0 Å². The number of rotatable bonds is 6. The monoisotopic (exact) mass is 304 g/mol. The summed E-state index contributed by atoms with van der Waals surface area (Å²) in [6.45, 7) is 4.60. The predicted octanol–water partition coefficient (Wildman–Crippen LogP) is 2.64. The van der Waals surface area contributed by atoms with Crippen molar-refractivity contribution in [1.29, 1.82) is 0 Å². The normalized spacial score (nSPS) is 27.3. The molecule has 5 nitrogen and oxygen atoms in total. The first-order chi connectivity index (χ1) is 10.8. The summed E-state index contributed by atoms with van der Waals surface area (Å²) >= 11 is 0. The van der Waals surface area contributed by atoms with Crippen molar-refractivity contribution in [3.8, 4) is 0 Å². The Kier molecular flexibility index (Phi) is 4.18. The molecule has 0 spiro atoms. The molecule has 0 unspecified atom stereocenters. The van der Waals surface area contributed by atoms with Crippen molar-refractivity contribution in [2.45, 2.75) is 63.5 Å². The van der Waals surface area contributed by atoms with Crippen LogP contribution in [0.1, 0.15) is 62.6 Å². The average Bonchev–Trinajstić information content (AvgIpc) is 2.96. The lowest BCUT2D eigenvalue weighted by Gasteiger charge is -2.24. The average molecular weight is 304 g/mol. The Morgan fingerprint density at radius 2 is 2.00 bits per heavy atom. The van der Waals surface area contributed by atoms with E-state index in [1.54, 1.807) is 0 Å². The standard InChI is InChI=1S/C17H28N4O/c1-20(12-16-18-17(22-19-16)14-6-7-14)15-8-9-21(11-15)10-13-4-2-3-5-13/h13-15H,2-12H2,1H3/t15-/m1/s1. The third-order valence-electron chi connectivity index (χ3n) is 5.66. The Hall–Kier alpha value is -0.940. The first-order valence-corrected chi connectivity index (χ1v) is 9.03. The molecule has 22 heavy (non-hydrogen) atoms. The van der Waals surface area contributed by atoms with Crippen LogP contribution >= 0.6 is 0 Å². The lowest BCUT2D eigenvalue weighted by Crippen LogP contribution is -2.35. The molecule has 2 saturated carbocycles. The number of hydrogen-bond donors (Lipinski definition) is 0. The van der Waals surface area contributed by atoms with Crippen LogP contribution in [0.15, 0.2) is 4.52 Å². The van der Waals surface area contributed by atoms with Gasteiger partial charge in [0, 0.05) is 25.0 Å². The van der Waals surface area contributed by atoms with Gasteiger partial charge in [-0.25, -0.2) is 0 Å². The van der Waals surface area contributed by atoms with Gasteiger partial charge in [0.25, 0.3) is 0 Å². The van der Waals surface area contributed by atoms with Crippen LogP contribution in [-0.2, 0) is 6.54 Å². The summed E-state index contributed by atoms with van der Waals surface area (Å²) in [5.41, 5.74) is 0. The summed E-state index contributed by atoms with van der Waals surface area (Å²) < 4.78 is 5.36. The van der Waals surface area contributed by atoms with Gasteiger partial charge in [0.2, 0.25) is 5.89 Å². The summed E-state index contributed by atoms with van der Waals surface area (Å²) in [5, 5.41) is 4.15. The molecule has 122 valence electrons. The fourth-order valence-electron chi connectivity index (χ4n) is 4.08. The van der Waals surface area contributed by atoms with Gasteiger partial charge in [-0.1, -0.05) is 18.0 Å². The van der Waals surface area contributed by atoms with Gasteiger partial charge in [0.1, 0.15) is 0 Å². The highest BCUT2D eigenvalue weighted by molar-refractivity contribution is 5.01. The van der Waals surface area contributed by atoms with E-state index in [9.17, 15) is 0 Å². The lowest BCUT2D eigenvalue weighted by molar-refractivity contribution is 0.208. The van der Waals surface area contributed by atoms with Gasteiger partial charge in [-0.05, 0) is 51.6 Å². The second kappa shape index (κ2) is 6.28. The van der Waals surface area contributed by atoms with Crippen molar-refractivity contribution in [1.82, 2.24) is 19.9 Å². The van der Waals surface area contributed by atoms with E-state index < -0.39 is 0 Å². The van der Waals surface area contributed by atoms with E-state index in [1.165, 1.54) is 64.6 Å². The van der Waals surface area contributed by atoms with Gasteiger partial charge < -0.3 is 9.42 Å². The first-order valence-electron chi connectivity index (χ1n) is 9.03. The summed E-state index contributed by atoms with van der Waals surface area (Å²) in [6, 6.07) is 0.643. The molecule has 3 aliphatic rings. The third-order valence-corrected chi connectivity index (χ3v) is 5.66. The molecule has 1 aromatic rings. The van der Waals surface area contributed by atoms with E-state index in [-0.39, 0.29) is 0 Å². The maximum atomic E-state index is 5.36. The van der Waals surface area contributed by atoms with Crippen LogP contribution < -0.4 is 0 Å². The molecule has 0 N–H and O–H groups in total. The fourth-order valence-corrected chi connectivity index (χ4v) is 4.08. The van der Waals surface area contributed by atoms with Crippen molar-refractivity contribution in [2.24, 2.45) is 5.92 Å². The quantitative estimate of drug-likeness (QED) is 0.808. The zero-order valence-corrected chi connectivity index (χ0v) is 13.7. The molecule has 1 atom stereocenters. The number of hydrogen-bond acceptors (Lipinski definition) is 5. The molecular formula is C17H28N4O. The smallest absolute Gasteiger partial charge is 0.229 e. The van der Waals surface area contributed by atoms with Crippen LogP contribution in [0.2, 0.25) is 0 Å². The Morgan fingerprint density at radius 1 is 1.18 bits per heavy atom. The molecule has 0 amide bonds. The number of likely N-dealkylation sites (N-methyl/N-ethyl adjacent to an activating group) is 1. The lowest BCUT2D eigenvalue weighted by atomic mass is 10.1. The summed E-state index contributed by atoms with van der Waals surface area (Å²) in [6.07, 6.45) is 9.50. The topological polar surface area (TPSA) is 45.4 Å². The van der Waals surface area contributed by atoms with Gasteiger partial charge in [0.15, 0.2) is 5.82 Å². The van der Waals surface area contributed by atoms with E-state index in [0.29, 0.717) is 12.0 Å². The Labute approximate surface area is 133 Å². The van der Waals surface area contributed by atoms with Crippen LogP contribution in [0.25, 0.3) is 0 Å². The Bertz CT molecular complexity index is 493. The predicted molar refractivity (Wildman–Crippen MR) is 84.5 cm³/mol. The van der Waals surface area contributed by atoms with Crippen LogP contribution in [0.5, 0.6) is 0 Å². The summed E-state index contributed by atoms with van der Waals surface area (Å²) in [7, 11) is 2.21. The molecule has 2 aliphatic carbocycles. The second-order valence-electron chi connectivity index (χ2n) is 7.59. The van der Waals surface area contributed by atoms with Crippen LogP contribution in [0, 0.1) is 5.92 Å². The molecule has 1 aromatic heterocycles. The minimum Gasteiger partial charge on any atom is -0.339 e. The zero-order valence-electron chi connectivity index (χ0n) is 13.7. The van der Waals surface area contributed by atoms with Crippen molar-refractivity contribution in [3.63, 3.8) is 0 Å². The summed E-state index contributed by atoms with van der Waals surface area (Å²) in [5.74, 6) is 3.23. The van der Waals surface area contributed by atoms with Crippen molar-refractivity contribution in [3.05, 3.63) is 11.7 Å². The van der Waals surface area contributed by atoms with Gasteiger partial charge in [-0.3, -0.25) is 4.90 Å². The zero-order chi connectivity index (χ0) is 14.9. The minimum atomic E-state index is 0.555. The fraction of sp³-hybridized carbons (Fsp3) is 0.882. The molecule has 1 saturated heterocycles. The van der Waals surface area contributed by atoms with Crippen LogP contribution in [-0.4, -0.2) is 52.7 Å². The largest absolute Gasteiger partial charge is 0.339 e. The molecule has 3 fully saturated rings. The first kappa shape index (κ1) is 14.6. The van der Waals surface area contributed by atoms with Crippen molar-refractivity contribution >= 4 is 0 Å². The number of aromatic nitrogens is 2. The van der Waals surface area contributed by atoms with E-state index in [2.05, 4.69) is 27.0 Å². The highest BCUT2D eigenvalue weighted by Gasteiger charge is 2.31. The van der Waals surface area contributed by atoms with Crippen LogP contribution in [0.4, 0.5) is 0 Å². The maximum absolute atomic E-state index is 5.36. The van der Waals surface area contributed by atoms with Crippen LogP contribution in [0.3, 0.4) is 0 Å². The van der Waals surface area contributed by atoms with Crippen molar-refractivity contribution in [2.75, 3.05) is 26.7 Å². The molecule has 0 bridgehead atoms. The third kappa shape index (κ3) is 3.35. The molecule has 2 heterocycles. The molecule has 0 radical (unpaired) electrons. The van der Waals surface area contributed by atoms with Crippen molar-refractivity contribution < 1.29 is 4.52 Å². The number of nitrogens with zero attached hydrogens (tertiary/aromatic N) is 4. The highest BCUT2D eigenvalue weighted by Crippen LogP contribution is 2.38. The SMILES string of the molecule is CN(Cc1noc(C2CC2)n1)[C@@H]1CCN(CC2CCCC2)C1. The molecule has 0 aromatic carbocycles. The van der Waals surface area contributed by atoms with Gasteiger partial charge in [-0.2, -0.15) is 4.98 Å². The van der Waals surface area contributed by atoms with Gasteiger partial charge in [0.05, 0.1) is 6.54 Å². The summed E-state index contributed by atoms with van der Waals surface area (Å²) in [4.78, 5) is 9.64. The Morgan fingerprint density at radius 3 is 2.77 bits per heavy atom. The molecule has 1 aliphatic heterocycles. The van der Waals surface area contributed by atoms with E-state index in [4.69, 9.17) is 4.52 Å². The molecular weight excluding hydrogens is 276 g/mol. The number of likely N-dealkylation sites (tertiary alicyclic amines) is 1. The van der Waals surface area contributed by atoms with E-state index in [1.807, 2.05) is 0 Å². The minimum absolute atomic E-state index is 0.555. The maximum Gasteiger partial charge on any atom is 0.229 e.